The molecule has 5 nitrogen and oxygen atoms in total. The molecule has 0 heterocycles. The summed E-state index contributed by atoms with van der Waals surface area (Å²) in [4.78, 5) is 14.4. The average molecular weight is 429 g/mol. The van der Waals surface area contributed by atoms with Crippen molar-refractivity contribution in [2.24, 2.45) is 0 Å². The molecular formula is C20H22F3NO4S. The van der Waals surface area contributed by atoms with Crippen molar-refractivity contribution in [3.8, 4) is 5.75 Å². The van der Waals surface area contributed by atoms with Gasteiger partial charge in [-0.2, -0.15) is 21.6 Å². The lowest BCUT2D eigenvalue weighted by molar-refractivity contribution is -0.137. The molecule has 0 saturated heterocycles. The van der Waals surface area contributed by atoms with Gasteiger partial charge in [-0.1, -0.05) is 25.1 Å². The van der Waals surface area contributed by atoms with Crippen molar-refractivity contribution >= 4 is 16.0 Å². The minimum atomic E-state index is -4.55. The lowest BCUT2D eigenvalue weighted by atomic mass is 10.1. The predicted octanol–water partition coefficient (Wildman–Crippen LogP) is 4.48. The summed E-state index contributed by atoms with van der Waals surface area (Å²) >= 11 is 0. The Morgan fingerprint density at radius 3 is 2.38 bits per heavy atom. The number of carbonyl (C=O) groups is 1. The van der Waals surface area contributed by atoms with E-state index in [4.69, 9.17) is 4.18 Å². The van der Waals surface area contributed by atoms with Crippen LogP contribution in [0.2, 0.25) is 0 Å². The van der Waals surface area contributed by atoms with Gasteiger partial charge in [0.15, 0.2) is 0 Å². The van der Waals surface area contributed by atoms with Crippen LogP contribution in [-0.4, -0.2) is 31.5 Å². The SMILES string of the molecule is CCC(C)N(Cc1cccc(OS(C)(=O)=O)c1)C(=O)c1cccc(C(F)(F)F)c1. The molecule has 1 atom stereocenters. The molecule has 0 aliphatic heterocycles. The fourth-order valence-corrected chi connectivity index (χ4v) is 3.16. The van der Waals surface area contributed by atoms with Gasteiger partial charge in [0.1, 0.15) is 5.75 Å². The van der Waals surface area contributed by atoms with E-state index < -0.39 is 27.8 Å². The van der Waals surface area contributed by atoms with E-state index in [2.05, 4.69) is 0 Å². The van der Waals surface area contributed by atoms with E-state index >= 15 is 0 Å². The smallest absolute Gasteiger partial charge is 0.383 e. The second-order valence-electron chi connectivity index (χ2n) is 6.70. The summed E-state index contributed by atoms with van der Waals surface area (Å²) in [6.45, 7) is 3.74. The number of amides is 1. The number of hydrogen-bond donors (Lipinski definition) is 0. The first-order chi connectivity index (χ1) is 13.4. The second kappa shape index (κ2) is 8.86. The molecule has 2 rings (SSSR count). The maximum absolute atomic E-state index is 13.0. The van der Waals surface area contributed by atoms with Crippen molar-refractivity contribution in [3.05, 3.63) is 65.2 Å². The van der Waals surface area contributed by atoms with E-state index in [-0.39, 0.29) is 23.9 Å². The van der Waals surface area contributed by atoms with Crippen LogP contribution in [0.5, 0.6) is 5.75 Å². The summed E-state index contributed by atoms with van der Waals surface area (Å²) < 4.78 is 66.5. The molecule has 0 radical (unpaired) electrons. The van der Waals surface area contributed by atoms with Gasteiger partial charge in [-0.3, -0.25) is 4.79 Å². The Hall–Kier alpha value is -2.55. The Morgan fingerprint density at radius 1 is 1.14 bits per heavy atom. The molecule has 2 aromatic rings. The highest BCUT2D eigenvalue weighted by atomic mass is 32.2. The van der Waals surface area contributed by atoms with Gasteiger partial charge in [-0.05, 0) is 49.2 Å². The van der Waals surface area contributed by atoms with E-state index in [0.717, 1.165) is 18.4 Å². The summed E-state index contributed by atoms with van der Waals surface area (Å²) in [7, 11) is -3.71. The minimum Gasteiger partial charge on any atom is -0.383 e. The Labute approximate surface area is 168 Å². The Kier molecular flexibility index (Phi) is 6.94. The molecule has 0 spiro atoms. The summed E-state index contributed by atoms with van der Waals surface area (Å²) in [6.07, 6.45) is -3.04. The molecule has 1 unspecified atom stereocenters. The Balaban J connectivity index is 2.33. The highest BCUT2D eigenvalue weighted by Crippen LogP contribution is 2.30. The standard InChI is InChI=1S/C20H22F3NO4S/c1-4-14(2)24(13-15-7-5-10-18(11-15)28-29(3,26)27)19(25)16-8-6-9-17(12-16)20(21,22)23/h5-12,14H,4,13H2,1-3H3. The zero-order chi connectivity index (χ0) is 21.8. The van der Waals surface area contributed by atoms with Crippen LogP contribution >= 0.6 is 0 Å². The van der Waals surface area contributed by atoms with Gasteiger partial charge in [0.05, 0.1) is 11.8 Å². The zero-order valence-corrected chi connectivity index (χ0v) is 17.0. The van der Waals surface area contributed by atoms with Gasteiger partial charge >= 0.3 is 16.3 Å². The van der Waals surface area contributed by atoms with Crippen LogP contribution in [0.15, 0.2) is 48.5 Å². The van der Waals surface area contributed by atoms with E-state index in [0.29, 0.717) is 12.0 Å². The molecular weight excluding hydrogens is 407 g/mol. The number of hydrogen-bond acceptors (Lipinski definition) is 4. The molecule has 9 heteroatoms. The molecule has 0 saturated carbocycles. The number of benzene rings is 2. The number of alkyl halides is 3. The lowest BCUT2D eigenvalue weighted by Crippen LogP contribution is -2.37. The quantitative estimate of drug-likeness (QED) is 0.609. The van der Waals surface area contributed by atoms with Crippen molar-refractivity contribution < 1.29 is 30.6 Å². The topological polar surface area (TPSA) is 63.7 Å². The van der Waals surface area contributed by atoms with E-state index in [1.165, 1.54) is 29.2 Å². The fraction of sp³-hybridized carbons (Fsp3) is 0.350. The normalized spacial score (nSPS) is 13.0. The van der Waals surface area contributed by atoms with Gasteiger partial charge in [-0.15, -0.1) is 0 Å². The third-order valence-electron chi connectivity index (χ3n) is 4.32. The van der Waals surface area contributed by atoms with E-state index in [1.54, 1.807) is 19.1 Å². The predicted molar refractivity (Wildman–Crippen MR) is 103 cm³/mol. The molecule has 29 heavy (non-hydrogen) atoms. The molecule has 0 N–H and O–H groups in total. The fourth-order valence-electron chi connectivity index (χ4n) is 2.71. The largest absolute Gasteiger partial charge is 0.416 e. The van der Waals surface area contributed by atoms with Gasteiger partial charge in [0, 0.05) is 18.2 Å². The molecule has 0 aliphatic rings. The van der Waals surface area contributed by atoms with E-state index in [1.807, 2.05) is 6.92 Å². The van der Waals surface area contributed by atoms with Crippen molar-refractivity contribution in [2.75, 3.05) is 6.26 Å². The van der Waals surface area contributed by atoms with Crippen molar-refractivity contribution in [2.45, 2.75) is 39.0 Å². The maximum atomic E-state index is 13.0. The lowest BCUT2D eigenvalue weighted by Gasteiger charge is -2.29. The van der Waals surface area contributed by atoms with Gasteiger partial charge in [-0.25, -0.2) is 0 Å². The first kappa shape index (κ1) is 22.7. The highest BCUT2D eigenvalue weighted by molar-refractivity contribution is 7.86. The number of halogens is 3. The van der Waals surface area contributed by atoms with Crippen molar-refractivity contribution in [1.82, 2.24) is 4.90 Å². The second-order valence-corrected chi connectivity index (χ2v) is 8.28. The van der Waals surface area contributed by atoms with Gasteiger partial charge in [0.2, 0.25) is 0 Å². The molecule has 158 valence electrons. The molecule has 2 aromatic carbocycles. The van der Waals surface area contributed by atoms with Crippen LogP contribution in [0.1, 0.15) is 41.8 Å². The van der Waals surface area contributed by atoms with Crippen LogP contribution in [0, 0.1) is 0 Å². The monoisotopic (exact) mass is 429 g/mol. The summed E-state index contributed by atoms with van der Waals surface area (Å²) in [5, 5.41) is 0. The highest BCUT2D eigenvalue weighted by Gasteiger charge is 2.31. The number of rotatable bonds is 7. The van der Waals surface area contributed by atoms with Gasteiger partial charge < -0.3 is 9.08 Å². The minimum absolute atomic E-state index is 0.0661. The van der Waals surface area contributed by atoms with Gasteiger partial charge in [0.25, 0.3) is 5.91 Å². The van der Waals surface area contributed by atoms with E-state index in [9.17, 15) is 26.4 Å². The van der Waals surface area contributed by atoms with Crippen LogP contribution < -0.4 is 4.18 Å². The van der Waals surface area contributed by atoms with Crippen LogP contribution in [0.3, 0.4) is 0 Å². The first-order valence-corrected chi connectivity index (χ1v) is 10.7. The number of carbonyl (C=O) groups excluding carboxylic acids is 1. The van der Waals surface area contributed by atoms with Crippen LogP contribution in [-0.2, 0) is 22.8 Å². The molecule has 0 fully saturated rings. The Bertz CT molecular complexity index is 974. The third-order valence-corrected chi connectivity index (χ3v) is 4.81. The zero-order valence-electron chi connectivity index (χ0n) is 16.2. The summed E-state index contributed by atoms with van der Waals surface area (Å²) in [6, 6.07) is 10.3. The van der Waals surface area contributed by atoms with Crippen LogP contribution in [0.4, 0.5) is 13.2 Å². The summed E-state index contributed by atoms with van der Waals surface area (Å²) in [5.41, 5.74) is -0.369. The molecule has 1 amide bonds. The maximum Gasteiger partial charge on any atom is 0.416 e. The average Bonchev–Trinajstić information content (AvgIpc) is 2.63. The molecule has 0 bridgehead atoms. The number of nitrogens with zero attached hydrogens (tertiary/aromatic N) is 1. The summed E-state index contributed by atoms with van der Waals surface area (Å²) in [5.74, 6) is -0.444. The first-order valence-electron chi connectivity index (χ1n) is 8.87. The Morgan fingerprint density at radius 2 is 1.79 bits per heavy atom. The molecule has 0 aromatic heterocycles. The van der Waals surface area contributed by atoms with Crippen molar-refractivity contribution in [3.63, 3.8) is 0 Å². The third kappa shape index (κ3) is 6.49. The van der Waals surface area contributed by atoms with Crippen molar-refractivity contribution in [1.29, 1.82) is 0 Å². The molecule has 0 aliphatic carbocycles. The van der Waals surface area contributed by atoms with Crippen LogP contribution in [0.25, 0.3) is 0 Å².